The number of carbonyl (C=O) groups is 1. The van der Waals surface area contributed by atoms with Gasteiger partial charge in [0.25, 0.3) is 0 Å². The van der Waals surface area contributed by atoms with Crippen LogP contribution in [-0.4, -0.2) is 43.2 Å². The maximum absolute atomic E-state index is 11.3. The molecule has 1 aliphatic heterocycles. The first-order chi connectivity index (χ1) is 7.77. The van der Waals surface area contributed by atoms with Crippen molar-refractivity contribution in [2.24, 2.45) is 5.92 Å². The summed E-state index contributed by atoms with van der Waals surface area (Å²) in [4.78, 5) is 13.2. The Labute approximate surface area is 97.8 Å². The zero-order valence-electron chi connectivity index (χ0n) is 10.2. The van der Waals surface area contributed by atoms with E-state index >= 15 is 0 Å². The van der Waals surface area contributed by atoms with E-state index in [1.807, 2.05) is 4.90 Å². The van der Waals surface area contributed by atoms with Crippen LogP contribution in [0.1, 0.15) is 32.6 Å². The summed E-state index contributed by atoms with van der Waals surface area (Å²) in [6.45, 7) is 5.70. The molecule has 92 valence electrons. The number of hydrogen-bond acceptors (Lipinski definition) is 2. The molecule has 0 aromatic carbocycles. The molecule has 0 radical (unpaired) electrons. The lowest BCUT2D eigenvalue weighted by atomic mass is 10.00. The summed E-state index contributed by atoms with van der Waals surface area (Å²) in [5.41, 5.74) is 0. The molecule has 1 aliphatic carbocycles. The Balaban J connectivity index is 1.61. The molecule has 2 aliphatic rings. The average molecular weight is 225 g/mol. The van der Waals surface area contributed by atoms with Crippen LogP contribution in [0.2, 0.25) is 0 Å². The summed E-state index contributed by atoms with van der Waals surface area (Å²) >= 11 is 0. The normalized spacial score (nSPS) is 23.8. The fourth-order valence-electron chi connectivity index (χ4n) is 2.78. The lowest BCUT2D eigenvalue weighted by molar-refractivity contribution is 0.216. The van der Waals surface area contributed by atoms with Gasteiger partial charge in [-0.3, -0.25) is 0 Å². The van der Waals surface area contributed by atoms with E-state index in [4.69, 9.17) is 0 Å². The van der Waals surface area contributed by atoms with Crippen LogP contribution >= 0.6 is 0 Å². The number of urea groups is 1. The molecule has 2 fully saturated rings. The molecule has 1 atom stereocenters. The van der Waals surface area contributed by atoms with Crippen LogP contribution in [0.3, 0.4) is 0 Å². The van der Waals surface area contributed by atoms with Crippen molar-refractivity contribution < 1.29 is 4.79 Å². The summed E-state index contributed by atoms with van der Waals surface area (Å²) in [6.07, 6.45) is 5.53. The SMILES string of the molecule is CC(NCCN1CCNC1=O)C1CCCC1. The highest BCUT2D eigenvalue weighted by atomic mass is 16.2. The van der Waals surface area contributed by atoms with Crippen LogP contribution in [0.4, 0.5) is 4.79 Å². The van der Waals surface area contributed by atoms with Crippen LogP contribution in [0.5, 0.6) is 0 Å². The zero-order valence-corrected chi connectivity index (χ0v) is 10.2. The lowest BCUT2D eigenvalue weighted by Crippen LogP contribution is -2.39. The highest BCUT2D eigenvalue weighted by molar-refractivity contribution is 5.76. The number of carbonyl (C=O) groups excluding carboxylic acids is 1. The van der Waals surface area contributed by atoms with Crippen LogP contribution < -0.4 is 10.6 Å². The van der Waals surface area contributed by atoms with Gasteiger partial charge in [-0.1, -0.05) is 12.8 Å². The second kappa shape index (κ2) is 5.53. The van der Waals surface area contributed by atoms with Crippen molar-refractivity contribution in [1.82, 2.24) is 15.5 Å². The molecular formula is C12H23N3O. The van der Waals surface area contributed by atoms with Crippen LogP contribution in [0.15, 0.2) is 0 Å². The molecule has 0 aromatic heterocycles. The molecule has 1 heterocycles. The van der Waals surface area contributed by atoms with Crippen molar-refractivity contribution in [1.29, 1.82) is 0 Å². The minimum Gasteiger partial charge on any atom is -0.336 e. The van der Waals surface area contributed by atoms with E-state index in [9.17, 15) is 4.79 Å². The third-order valence-corrected chi connectivity index (χ3v) is 3.90. The van der Waals surface area contributed by atoms with E-state index < -0.39 is 0 Å². The third-order valence-electron chi connectivity index (χ3n) is 3.90. The first-order valence-electron chi connectivity index (χ1n) is 6.53. The maximum atomic E-state index is 11.3. The number of hydrogen-bond donors (Lipinski definition) is 2. The molecule has 2 amide bonds. The molecule has 1 unspecified atom stereocenters. The molecule has 16 heavy (non-hydrogen) atoms. The Morgan fingerprint density at radius 1 is 1.50 bits per heavy atom. The number of rotatable bonds is 5. The predicted molar refractivity (Wildman–Crippen MR) is 64.4 cm³/mol. The van der Waals surface area contributed by atoms with Crippen molar-refractivity contribution in [3.63, 3.8) is 0 Å². The van der Waals surface area contributed by atoms with Crippen molar-refractivity contribution in [3.8, 4) is 0 Å². The van der Waals surface area contributed by atoms with Gasteiger partial charge in [0, 0.05) is 32.2 Å². The van der Waals surface area contributed by atoms with Crippen molar-refractivity contribution >= 4 is 6.03 Å². The number of amides is 2. The average Bonchev–Trinajstić information content (AvgIpc) is 2.90. The van der Waals surface area contributed by atoms with Gasteiger partial charge < -0.3 is 15.5 Å². The van der Waals surface area contributed by atoms with E-state index in [0.29, 0.717) is 6.04 Å². The van der Waals surface area contributed by atoms with E-state index in [0.717, 1.165) is 32.1 Å². The number of nitrogens with one attached hydrogen (secondary N) is 2. The number of nitrogens with zero attached hydrogens (tertiary/aromatic N) is 1. The molecule has 1 saturated heterocycles. The van der Waals surface area contributed by atoms with Crippen molar-refractivity contribution in [2.45, 2.75) is 38.6 Å². The Morgan fingerprint density at radius 3 is 2.88 bits per heavy atom. The first kappa shape index (κ1) is 11.7. The maximum Gasteiger partial charge on any atom is 0.317 e. The molecule has 2 N–H and O–H groups in total. The molecule has 0 bridgehead atoms. The molecule has 2 rings (SSSR count). The van der Waals surface area contributed by atoms with Crippen LogP contribution in [0, 0.1) is 5.92 Å². The quantitative estimate of drug-likeness (QED) is 0.738. The van der Waals surface area contributed by atoms with Crippen molar-refractivity contribution in [2.75, 3.05) is 26.2 Å². The highest BCUT2D eigenvalue weighted by Crippen LogP contribution is 2.27. The van der Waals surface area contributed by atoms with Gasteiger partial charge in [-0.2, -0.15) is 0 Å². The summed E-state index contributed by atoms with van der Waals surface area (Å²) < 4.78 is 0. The van der Waals surface area contributed by atoms with Gasteiger partial charge in [-0.25, -0.2) is 4.79 Å². The lowest BCUT2D eigenvalue weighted by Gasteiger charge is -2.22. The topological polar surface area (TPSA) is 44.4 Å². The first-order valence-corrected chi connectivity index (χ1v) is 6.53. The monoisotopic (exact) mass is 225 g/mol. The van der Waals surface area contributed by atoms with Crippen LogP contribution in [-0.2, 0) is 0 Å². The summed E-state index contributed by atoms with van der Waals surface area (Å²) in [5, 5.41) is 6.37. The highest BCUT2D eigenvalue weighted by Gasteiger charge is 2.22. The largest absolute Gasteiger partial charge is 0.336 e. The second-order valence-electron chi connectivity index (χ2n) is 5.01. The van der Waals surface area contributed by atoms with E-state index in [2.05, 4.69) is 17.6 Å². The molecule has 0 spiro atoms. The minimum atomic E-state index is 0.0929. The summed E-state index contributed by atoms with van der Waals surface area (Å²) in [5.74, 6) is 0.854. The van der Waals surface area contributed by atoms with E-state index in [-0.39, 0.29) is 6.03 Å². The van der Waals surface area contributed by atoms with Gasteiger partial charge in [0.1, 0.15) is 0 Å². The predicted octanol–water partition coefficient (Wildman–Crippen LogP) is 1.18. The van der Waals surface area contributed by atoms with Gasteiger partial charge in [-0.05, 0) is 25.7 Å². The fourth-order valence-corrected chi connectivity index (χ4v) is 2.78. The van der Waals surface area contributed by atoms with Gasteiger partial charge in [0.05, 0.1) is 0 Å². The third kappa shape index (κ3) is 2.88. The van der Waals surface area contributed by atoms with Gasteiger partial charge in [0.15, 0.2) is 0 Å². The molecule has 4 nitrogen and oxygen atoms in total. The standard InChI is InChI=1S/C12H23N3O/c1-10(11-4-2-3-5-11)13-6-8-15-9-7-14-12(15)16/h10-11,13H,2-9H2,1H3,(H,14,16). The fraction of sp³-hybridized carbons (Fsp3) is 0.917. The molecule has 1 saturated carbocycles. The Morgan fingerprint density at radius 2 is 2.25 bits per heavy atom. The molecule has 0 aromatic rings. The summed E-state index contributed by atoms with van der Waals surface area (Å²) in [6, 6.07) is 0.698. The van der Waals surface area contributed by atoms with Gasteiger partial charge in [0.2, 0.25) is 0 Å². The van der Waals surface area contributed by atoms with E-state index in [1.54, 1.807) is 0 Å². The second-order valence-corrected chi connectivity index (χ2v) is 5.01. The Bertz CT molecular complexity index is 238. The zero-order chi connectivity index (χ0) is 11.4. The van der Waals surface area contributed by atoms with Crippen LogP contribution in [0.25, 0.3) is 0 Å². The Kier molecular flexibility index (Phi) is 4.04. The molecular weight excluding hydrogens is 202 g/mol. The smallest absolute Gasteiger partial charge is 0.317 e. The van der Waals surface area contributed by atoms with Gasteiger partial charge >= 0.3 is 6.03 Å². The van der Waals surface area contributed by atoms with E-state index in [1.165, 1.54) is 25.7 Å². The minimum absolute atomic E-state index is 0.0929. The van der Waals surface area contributed by atoms with Crippen molar-refractivity contribution in [3.05, 3.63) is 0 Å². The molecule has 4 heteroatoms. The summed E-state index contributed by atoms with van der Waals surface area (Å²) in [7, 11) is 0. The Hall–Kier alpha value is -0.770. The van der Waals surface area contributed by atoms with Gasteiger partial charge in [-0.15, -0.1) is 0 Å².